The van der Waals surface area contributed by atoms with Gasteiger partial charge in [0.2, 0.25) is 5.91 Å². The molecule has 0 unspecified atom stereocenters. The number of halogens is 1. The minimum atomic E-state index is -0.611. The number of fused-ring (bicyclic) bond motifs is 1. The largest absolute Gasteiger partial charge is 0.492 e. The molecule has 148 valence electrons. The van der Waals surface area contributed by atoms with Gasteiger partial charge in [-0.15, -0.1) is 0 Å². The number of aryl methyl sites for hydroxylation is 2. The second kappa shape index (κ2) is 7.67. The second-order valence-electron chi connectivity index (χ2n) is 6.38. The molecule has 0 N–H and O–H groups in total. The third kappa shape index (κ3) is 3.66. The number of ether oxygens (including phenoxy) is 1. The zero-order valence-corrected chi connectivity index (χ0v) is 15.8. The summed E-state index contributed by atoms with van der Waals surface area (Å²) >= 11 is 0. The molecule has 0 fully saturated rings. The van der Waals surface area contributed by atoms with Crippen LogP contribution in [0.2, 0.25) is 0 Å². The molecule has 0 aliphatic heterocycles. The summed E-state index contributed by atoms with van der Waals surface area (Å²) in [5.74, 6) is -0.297. The third-order valence-electron chi connectivity index (χ3n) is 4.43. The molecule has 0 bridgehead atoms. The zero-order chi connectivity index (χ0) is 20.4. The van der Waals surface area contributed by atoms with E-state index in [-0.39, 0.29) is 36.7 Å². The van der Waals surface area contributed by atoms with Gasteiger partial charge in [0.05, 0.1) is 12.9 Å². The van der Waals surface area contributed by atoms with Crippen LogP contribution < -0.4 is 16.0 Å². The van der Waals surface area contributed by atoms with Gasteiger partial charge in [-0.3, -0.25) is 14.2 Å². The van der Waals surface area contributed by atoms with Gasteiger partial charge in [-0.25, -0.2) is 18.7 Å². The van der Waals surface area contributed by atoms with Crippen LogP contribution in [0.5, 0.6) is 5.75 Å². The van der Waals surface area contributed by atoms with Crippen molar-refractivity contribution in [3.63, 3.8) is 0 Å². The van der Waals surface area contributed by atoms with E-state index in [2.05, 4.69) is 4.98 Å². The summed E-state index contributed by atoms with van der Waals surface area (Å²) in [4.78, 5) is 43.0. The number of amides is 1. The molecule has 1 amide bonds. The van der Waals surface area contributed by atoms with E-state index in [1.54, 1.807) is 14.1 Å². The van der Waals surface area contributed by atoms with Gasteiger partial charge in [0.15, 0.2) is 11.2 Å². The molecule has 3 rings (SSSR count). The van der Waals surface area contributed by atoms with Gasteiger partial charge < -0.3 is 14.2 Å². The zero-order valence-electron chi connectivity index (χ0n) is 15.8. The molecule has 0 radical (unpaired) electrons. The Bertz CT molecular complexity index is 1130. The highest BCUT2D eigenvalue weighted by Gasteiger charge is 2.18. The van der Waals surface area contributed by atoms with Crippen LogP contribution in [0.3, 0.4) is 0 Å². The number of imidazole rings is 1. The van der Waals surface area contributed by atoms with Crippen molar-refractivity contribution < 1.29 is 13.9 Å². The van der Waals surface area contributed by atoms with Crippen LogP contribution in [0.15, 0.2) is 40.2 Å². The number of nitrogens with zero attached hydrogens (tertiary/aromatic N) is 5. The first-order valence-electron chi connectivity index (χ1n) is 8.52. The van der Waals surface area contributed by atoms with Crippen molar-refractivity contribution in [1.29, 1.82) is 0 Å². The number of carbonyl (C=O) groups excluding carboxylic acids is 1. The maximum atomic E-state index is 12.9. The summed E-state index contributed by atoms with van der Waals surface area (Å²) in [6.45, 7) is 0.0282. The van der Waals surface area contributed by atoms with Crippen LogP contribution in [0.1, 0.15) is 0 Å². The minimum absolute atomic E-state index is 0.182. The molecule has 9 nitrogen and oxygen atoms in total. The van der Waals surface area contributed by atoms with Crippen LogP contribution >= 0.6 is 0 Å². The van der Waals surface area contributed by atoms with Crippen molar-refractivity contribution in [3.8, 4) is 5.75 Å². The summed E-state index contributed by atoms with van der Waals surface area (Å²) in [5, 5.41) is 0. The fourth-order valence-corrected chi connectivity index (χ4v) is 2.75. The molecular weight excluding hydrogens is 369 g/mol. The number of carbonyl (C=O) groups is 1. The van der Waals surface area contributed by atoms with Crippen LogP contribution in [0.4, 0.5) is 4.39 Å². The van der Waals surface area contributed by atoms with Gasteiger partial charge in [-0.1, -0.05) is 0 Å². The number of rotatable bonds is 6. The second-order valence-corrected chi connectivity index (χ2v) is 6.38. The van der Waals surface area contributed by atoms with Crippen molar-refractivity contribution >= 4 is 17.1 Å². The lowest BCUT2D eigenvalue weighted by Crippen LogP contribution is -2.44. The molecule has 0 atom stereocenters. The summed E-state index contributed by atoms with van der Waals surface area (Å²) in [5.41, 5.74) is -0.664. The molecule has 1 aromatic carbocycles. The highest BCUT2D eigenvalue weighted by atomic mass is 19.1. The number of benzene rings is 1. The summed E-state index contributed by atoms with van der Waals surface area (Å²) in [6, 6.07) is 5.54. The monoisotopic (exact) mass is 389 g/mol. The van der Waals surface area contributed by atoms with E-state index < -0.39 is 17.2 Å². The lowest BCUT2D eigenvalue weighted by Gasteiger charge is -2.18. The van der Waals surface area contributed by atoms with Crippen molar-refractivity contribution in [1.82, 2.24) is 23.6 Å². The van der Waals surface area contributed by atoms with Crippen molar-refractivity contribution in [2.75, 3.05) is 20.2 Å². The molecule has 0 spiro atoms. The Hall–Kier alpha value is -3.43. The molecule has 10 heteroatoms. The molecule has 2 heterocycles. The van der Waals surface area contributed by atoms with Gasteiger partial charge in [0.25, 0.3) is 5.56 Å². The van der Waals surface area contributed by atoms with Crippen LogP contribution in [0, 0.1) is 5.82 Å². The van der Waals surface area contributed by atoms with Gasteiger partial charge in [-0.2, -0.15) is 0 Å². The number of hydrogen-bond donors (Lipinski definition) is 0. The molecule has 2 aromatic heterocycles. The quantitative estimate of drug-likeness (QED) is 0.597. The van der Waals surface area contributed by atoms with Gasteiger partial charge in [-0.05, 0) is 24.3 Å². The Kier molecular flexibility index (Phi) is 5.30. The fourth-order valence-electron chi connectivity index (χ4n) is 2.75. The van der Waals surface area contributed by atoms with Crippen molar-refractivity contribution in [2.45, 2.75) is 6.54 Å². The maximum absolute atomic E-state index is 12.9. The average Bonchev–Trinajstić information content (AvgIpc) is 3.06. The lowest BCUT2D eigenvalue weighted by molar-refractivity contribution is -0.131. The SMILES string of the molecule is CN(CCOc1ccc(F)cc1)C(=O)Cn1c(=O)c2c(ncn2C)n(C)c1=O. The Morgan fingerprint density at radius 1 is 1.21 bits per heavy atom. The smallest absolute Gasteiger partial charge is 0.332 e. The Labute approximate surface area is 159 Å². The molecule has 0 saturated heterocycles. The van der Waals surface area contributed by atoms with E-state index in [9.17, 15) is 18.8 Å². The van der Waals surface area contributed by atoms with Crippen LogP contribution in [0.25, 0.3) is 11.2 Å². The van der Waals surface area contributed by atoms with E-state index in [1.807, 2.05) is 0 Å². The standard InChI is InChI=1S/C18H20FN5O4/c1-21(8-9-28-13-6-4-12(19)5-7-13)14(25)10-24-17(26)15-16(20-11-22(15)2)23(3)18(24)27/h4-7,11H,8-10H2,1-3H3. The van der Waals surface area contributed by atoms with E-state index in [0.717, 1.165) is 4.57 Å². The van der Waals surface area contributed by atoms with E-state index in [1.165, 1.54) is 51.7 Å². The molecule has 0 saturated carbocycles. The van der Waals surface area contributed by atoms with Gasteiger partial charge in [0.1, 0.15) is 24.7 Å². The normalized spacial score (nSPS) is 11.0. The minimum Gasteiger partial charge on any atom is -0.492 e. The Balaban J connectivity index is 1.70. The van der Waals surface area contributed by atoms with E-state index in [4.69, 9.17) is 4.74 Å². The van der Waals surface area contributed by atoms with E-state index >= 15 is 0 Å². The summed E-state index contributed by atoms with van der Waals surface area (Å²) in [7, 11) is 4.69. The lowest BCUT2D eigenvalue weighted by atomic mass is 10.3. The predicted molar refractivity (Wildman–Crippen MR) is 99.7 cm³/mol. The number of hydrogen-bond acceptors (Lipinski definition) is 5. The van der Waals surface area contributed by atoms with E-state index in [0.29, 0.717) is 5.75 Å². The maximum Gasteiger partial charge on any atom is 0.332 e. The molecule has 0 aliphatic rings. The first-order valence-corrected chi connectivity index (χ1v) is 8.52. The highest BCUT2D eigenvalue weighted by Crippen LogP contribution is 2.10. The Morgan fingerprint density at radius 2 is 1.89 bits per heavy atom. The van der Waals surface area contributed by atoms with Gasteiger partial charge in [0, 0.05) is 21.1 Å². The summed E-state index contributed by atoms with van der Waals surface area (Å²) < 4.78 is 22.0. The first-order chi connectivity index (χ1) is 13.3. The van der Waals surface area contributed by atoms with Crippen molar-refractivity contribution in [3.05, 3.63) is 57.2 Å². The van der Waals surface area contributed by atoms with Crippen LogP contribution in [-0.2, 0) is 25.4 Å². The van der Waals surface area contributed by atoms with Crippen LogP contribution in [-0.4, -0.2) is 49.7 Å². The predicted octanol–water partition coefficient (Wildman–Crippen LogP) is 0.110. The molecule has 28 heavy (non-hydrogen) atoms. The fraction of sp³-hybridized carbons (Fsp3) is 0.333. The number of aromatic nitrogens is 4. The number of likely N-dealkylation sites (N-methyl/N-ethyl adjacent to an activating group) is 1. The molecular formula is C18H20FN5O4. The Morgan fingerprint density at radius 3 is 2.57 bits per heavy atom. The van der Waals surface area contributed by atoms with Gasteiger partial charge >= 0.3 is 5.69 Å². The average molecular weight is 389 g/mol. The topological polar surface area (TPSA) is 91.4 Å². The molecule has 3 aromatic rings. The first kappa shape index (κ1) is 19.3. The molecule has 0 aliphatic carbocycles. The van der Waals surface area contributed by atoms with Crippen molar-refractivity contribution in [2.24, 2.45) is 14.1 Å². The third-order valence-corrected chi connectivity index (χ3v) is 4.43. The summed E-state index contributed by atoms with van der Waals surface area (Å²) in [6.07, 6.45) is 1.44. The highest BCUT2D eigenvalue weighted by molar-refractivity contribution is 5.76.